The van der Waals surface area contributed by atoms with E-state index >= 15 is 0 Å². The van der Waals surface area contributed by atoms with Crippen molar-refractivity contribution in [3.8, 4) is 0 Å². The number of carbonyl (C=O) groups excluding carboxylic acids is 1. The van der Waals surface area contributed by atoms with Gasteiger partial charge in [0, 0.05) is 87.5 Å². The summed E-state index contributed by atoms with van der Waals surface area (Å²) < 4.78 is 21.2. The molecule has 2 atom stereocenters. The molecule has 6 aromatic carbocycles. The first-order chi connectivity index (χ1) is 49.7. The molecule has 4 saturated heterocycles. The molecule has 105 heavy (non-hydrogen) atoms. The van der Waals surface area contributed by atoms with Crippen molar-refractivity contribution < 1.29 is 81.1 Å². The van der Waals surface area contributed by atoms with Gasteiger partial charge in [-0.3, -0.25) is 4.79 Å². The van der Waals surface area contributed by atoms with Crippen molar-refractivity contribution in [2.24, 2.45) is 0 Å². The molecule has 0 bridgehead atoms. The average molecular weight is 1620 g/mol. The number of Topliss-reactive ketones (excluding diaryl/α,β-unsaturated/α-hetero) is 1. The van der Waals surface area contributed by atoms with Crippen LogP contribution in [0.3, 0.4) is 0 Å². The Bertz CT molecular complexity index is 3140. The molecule has 2 unspecified atom stereocenters. The van der Waals surface area contributed by atoms with Gasteiger partial charge in [0.2, 0.25) is 0 Å². The molecular weight excluding hydrogens is 1500 g/mol. The minimum atomic E-state index is -2.88. The Morgan fingerprint density at radius 2 is 0.886 bits per heavy atom. The van der Waals surface area contributed by atoms with Crippen molar-refractivity contribution in [2.45, 2.75) is 171 Å². The van der Waals surface area contributed by atoms with E-state index in [0.29, 0.717) is 5.78 Å². The van der Waals surface area contributed by atoms with Crippen molar-refractivity contribution in [2.75, 3.05) is 136 Å². The standard InChI is InChI=1S/2C15H23NOS.C15H22NOS.C15H21NS.C8H15NO.C7H7BrS.C7H7S.2Li.H2O4S/c3*1-3-9-16-10-7-15(17,8-11-16)13-5-4-6-14(12-13)18-2;1-3-9-16-10-7-13(8-11-16)14-5-4-6-15(12-14)17-2;1-2-5-9-6-3-8(10)4-7-9;1-9-7-4-2-3-6(8)5-7;1-8-7-5-3-2-4-6-7;;;1-4-5(2)3/h2*4-6,12,17H,3,7-11H2,1-2H3;4-6,12H,3,7-11H2,1-2H3;4-7,12H,3,8-11H2,1-2H3;2-7H2,1H3;2-5H,1H3;2-3,5-6H,1H3;;;1H,(H,2,3)/q;;-1;;;;-1;2*+1;/p-1. The van der Waals surface area contributed by atoms with Gasteiger partial charge in [0.05, 0.1) is 42.2 Å². The zero-order valence-corrected chi connectivity index (χ0v) is 72.6. The van der Waals surface area contributed by atoms with Crippen LogP contribution in [0.4, 0.5) is 0 Å². The molecule has 11 rings (SSSR count). The van der Waals surface area contributed by atoms with Gasteiger partial charge < -0.3 is 54.0 Å². The van der Waals surface area contributed by atoms with Crippen molar-refractivity contribution in [3.63, 3.8) is 0 Å². The maximum atomic E-state index is 12.9. The van der Waals surface area contributed by atoms with Crippen LogP contribution in [0.1, 0.15) is 147 Å². The van der Waals surface area contributed by atoms with E-state index < -0.39 is 28.2 Å². The van der Waals surface area contributed by atoms with E-state index in [9.17, 15) is 20.1 Å². The Hall–Kier alpha value is -1.79. The first-order valence-corrected chi connectivity index (χ1v) is 45.7. The van der Waals surface area contributed by atoms with E-state index in [1.54, 1.807) is 69.3 Å². The van der Waals surface area contributed by atoms with Crippen LogP contribution in [-0.4, -0.2) is 180 Å². The second-order valence-electron chi connectivity index (χ2n) is 26.2. The molecule has 4 fully saturated rings. The Morgan fingerprint density at radius 3 is 1.24 bits per heavy atom. The summed E-state index contributed by atoms with van der Waals surface area (Å²) in [6, 6.07) is 53.0. The van der Waals surface area contributed by atoms with E-state index in [2.05, 4.69) is 227 Å². The number of nitrogens with one attached hydrogen (secondary N) is 1. The van der Waals surface area contributed by atoms with Crippen molar-refractivity contribution in [3.05, 3.63) is 184 Å². The number of nitrogens with zero attached hydrogens (tertiary/aromatic N) is 4. The Kier molecular flexibility index (Phi) is 54.2. The predicted octanol–water partition coefficient (Wildman–Crippen LogP) is 9.69. The molecule has 0 spiro atoms. The zero-order chi connectivity index (χ0) is 75.3. The molecule has 6 aromatic rings. The molecule has 23 heteroatoms. The smallest absolute Gasteiger partial charge is 0.846 e. The van der Waals surface area contributed by atoms with Crippen molar-refractivity contribution >= 4 is 109 Å². The number of halogens is 1. The summed E-state index contributed by atoms with van der Waals surface area (Å²) in [5.41, 5.74) is 4.02. The summed E-state index contributed by atoms with van der Waals surface area (Å²) in [4.78, 5) is 29.8. The molecule has 3 N–H and O–H groups in total. The molecule has 0 aliphatic carbocycles. The van der Waals surface area contributed by atoms with Crippen molar-refractivity contribution in [1.29, 1.82) is 0 Å². The minimum Gasteiger partial charge on any atom is -0.846 e. The van der Waals surface area contributed by atoms with Gasteiger partial charge in [-0.2, -0.15) is 42.1 Å². The van der Waals surface area contributed by atoms with Crippen LogP contribution in [0.2, 0.25) is 0 Å². The maximum absolute atomic E-state index is 12.9. The third-order valence-electron chi connectivity index (χ3n) is 18.8. The number of rotatable bonds is 21. The van der Waals surface area contributed by atoms with E-state index in [1.807, 2.05) is 54.2 Å². The van der Waals surface area contributed by atoms with Crippen LogP contribution in [0.15, 0.2) is 186 Å². The van der Waals surface area contributed by atoms with Crippen LogP contribution >= 0.6 is 86.5 Å². The topological polar surface area (TPSA) is 170 Å². The van der Waals surface area contributed by atoms with Gasteiger partial charge in [-0.15, -0.1) is 63.7 Å². The average Bonchev–Trinajstić information content (AvgIpc) is 0.818. The summed E-state index contributed by atoms with van der Waals surface area (Å²) in [5, 5.41) is 43.0. The maximum Gasteiger partial charge on any atom is 1.00 e. The van der Waals surface area contributed by atoms with Crippen LogP contribution in [0.5, 0.6) is 0 Å². The largest absolute Gasteiger partial charge is 1.00 e. The molecule has 0 radical (unpaired) electrons. The van der Waals surface area contributed by atoms with Gasteiger partial charge in [-0.05, 0) is 243 Å². The SMILES string of the molecule is CCCN1CCC(=O)CC1.CCCN1CCC(O)(c2cccc(SC)c2)CC1.CCCN1CCC(O)(c2cccc(SC)c2)CC1.CCCN1CCC([O-])(c2cccc(SC)c2)CC1.CCC[NH+]1CC=C(c2cccc(SC)c2)CC1.CSc1c[c-]ccc1.CSc1cccc(Br)c1.O=S([O-])O[O-].[Li+].[Li+]. The zero-order valence-electron chi connectivity index (χ0n) is 65.3. The fourth-order valence-electron chi connectivity index (χ4n) is 12.9. The second kappa shape index (κ2) is 57.3. The Balaban J connectivity index is 0.000000417. The number of quaternary nitrogens is 1. The molecule has 5 aliphatic heterocycles. The molecule has 5 aliphatic rings. The fourth-order valence-corrected chi connectivity index (χ4v) is 16.1. The molecule has 572 valence electrons. The Labute approximate surface area is 694 Å². The van der Waals surface area contributed by atoms with Gasteiger partial charge in [0.1, 0.15) is 5.78 Å². The van der Waals surface area contributed by atoms with Gasteiger partial charge in [0.15, 0.2) is 0 Å². The fraction of sp³-hybridized carbons (Fsp3) is 0.524. The van der Waals surface area contributed by atoms with E-state index in [0.717, 1.165) is 151 Å². The predicted molar refractivity (Wildman–Crippen MR) is 443 cm³/mol. The first kappa shape index (κ1) is 99.3. The minimum absolute atomic E-state index is 0. The number of benzene rings is 6. The first-order valence-electron chi connectivity index (χ1n) is 36.6. The summed E-state index contributed by atoms with van der Waals surface area (Å²) in [6.45, 7) is 27.4. The van der Waals surface area contributed by atoms with Crippen LogP contribution < -0.4 is 53.0 Å². The molecular formula is C82H119BrLi2N5O8S7-. The number of hydrogen-bond acceptors (Lipinski definition) is 18. The van der Waals surface area contributed by atoms with E-state index in [1.165, 1.54) is 93.1 Å². The third kappa shape index (κ3) is 38.5. The third-order valence-corrected chi connectivity index (χ3v) is 23.8. The van der Waals surface area contributed by atoms with Gasteiger partial charge >= 0.3 is 37.7 Å². The quantitative estimate of drug-likeness (QED) is 0.0155. The van der Waals surface area contributed by atoms with Gasteiger partial charge in [-0.1, -0.05) is 116 Å². The molecule has 0 saturated carbocycles. The second-order valence-corrected chi connectivity index (χ2v) is 32.9. The summed E-state index contributed by atoms with van der Waals surface area (Å²) in [6.07, 6.45) is 28.7. The summed E-state index contributed by atoms with van der Waals surface area (Å²) in [7, 11) is 0. The monoisotopic (exact) mass is 1620 g/mol. The molecule has 0 aromatic heterocycles. The number of carbonyl (C=O) groups is 1. The number of hydrogen-bond donors (Lipinski definition) is 3. The number of piperidine rings is 4. The number of aliphatic hydroxyl groups is 2. The van der Waals surface area contributed by atoms with Gasteiger partial charge in [0.25, 0.3) is 0 Å². The van der Waals surface area contributed by atoms with Crippen molar-refractivity contribution in [1.82, 2.24) is 19.6 Å². The van der Waals surface area contributed by atoms with Crippen LogP contribution in [0, 0.1) is 6.07 Å². The Morgan fingerprint density at radius 1 is 0.514 bits per heavy atom. The molecule has 0 amide bonds. The van der Waals surface area contributed by atoms with Crippen LogP contribution in [0.25, 0.3) is 5.57 Å². The van der Waals surface area contributed by atoms with E-state index in [-0.39, 0.29) is 37.7 Å². The van der Waals surface area contributed by atoms with Crippen LogP contribution in [-0.2, 0) is 37.3 Å². The number of likely N-dealkylation sites (tertiary alicyclic amines) is 4. The normalized spacial score (nSPS) is 17.8. The number of ketones is 1. The summed E-state index contributed by atoms with van der Waals surface area (Å²) >= 11 is 11.0. The summed E-state index contributed by atoms with van der Waals surface area (Å²) in [5.74, 6) is 0.437. The van der Waals surface area contributed by atoms with Gasteiger partial charge in [-0.25, -0.2) is 4.21 Å². The molecule has 5 heterocycles. The molecule has 13 nitrogen and oxygen atoms in total. The number of thioether (sulfide) groups is 6. The van der Waals surface area contributed by atoms with E-state index in [4.69, 9.17) is 14.0 Å².